The molecular weight excluding hydrogens is 574 g/mol. The number of aliphatic carboxylic acids is 1. The van der Waals surface area contributed by atoms with E-state index < -0.39 is 23.6 Å². The molecule has 1 saturated heterocycles. The molecule has 3 N–H and O–H groups in total. The SMILES string of the molecule is CC(C)(C)N(CC(NC(=O)OCc1ccccc1)C(=O)O)c1ncnc(N2CCC(c3ccc4c(n3)NCCC4)CC2)c1C=O. The van der Waals surface area contributed by atoms with Crippen molar-refractivity contribution in [1.82, 2.24) is 20.3 Å². The number of aromatic nitrogens is 3. The number of nitrogens with zero attached hydrogens (tertiary/aromatic N) is 5. The number of nitrogens with one attached hydrogen (secondary N) is 2. The fourth-order valence-electron chi connectivity index (χ4n) is 5.86. The van der Waals surface area contributed by atoms with Crippen LogP contribution in [0.25, 0.3) is 0 Å². The molecule has 2 aliphatic heterocycles. The Hall–Kier alpha value is -4.74. The van der Waals surface area contributed by atoms with Gasteiger partial charge >= 0.3 is 12.1 Å². The number of hydrogen-bond donors (Lipinski definition) is 3. The minimum Gasteiger partial charge on any atom is -0.480 e. The summed E-state index contributed by atoms with van der Waals surface area (Å²) in [5.74, 6) is 0.857. The largest absolute Gasteiger partial charge is 0.480 e. The van der Waals surface area contributed by atoms with Gasteiger partial charge in [0.25, 0.3) is 0 Å². The smallest absolute Gasteiger partial charge is 0.408 e. The molecule has 238 valence electrons. The molecule has 1 amide bonds. The van der Waals surface area contributed by atoms with E-state index in [4.69, 9.17) is 9.72 Å². The van der Waals surface area contributed by atoms with Crippen LogP contribution < -0.4 is 20.4 Å². The molecule has 4 heterocycles. The van der Waals surface area contributed by atoms with Crippen molar-refractivity contribution in [3.8, 4) is 0 Å². The number of anilines is 3. The highest BCUT2D eigenvalue weighted by molar-refractivity contribution is 5.90. The third-order valence-corrected chi connectivity index (χ3v) is 8.32. The highest BCUT2D eigenvalue weighted by Gasteiger charge is 2.34. The molecule has 0 spiro atoms. The van der Waals surface area contributed by atoms with Crippen molar-refractivity contribution in [3.05, 3.63) is 71.2 Å². The summed E-state index contributed by atoms with van der Waals surface area (Å²) >= 11 is 0. The van der Waals surface area contributed by atoms with E-state index in [1.54, 1.807) is 4.90 Å². The number of aryl methyl sites for hydroxylation is 1. The molecule has 2 aromatic heterocycles. The molecule has 1 aromatic carbocycles. The van der Waals surface area contributed by atoms with Crippen LogP contribution in [0.5, 0.6) is 0 Å². The van der Waals surface area contributed by atoms with E-state index >= 15 is 0 Å². The average Bonchev–Trinajstić information content (AvgIpc) is 3.05. The van der Waals surface area contributed by atoms with E-state index in [2.05, 4.69) is 37.6 Å². The molecule has 5 rings (SSSR count). The summed E-state index contributed by atoms with van der Waals surface area (Å²) in [5.41, 5.74) is 2.73. The van der Waals surface area contributed by atoms with Crippen LogP contribution in [0.4, 0.5) is 22.2 Å². The van der Waals surface area contributed by atoms with Crippen LogP contribution in [0, 0.1) is 0 Å². The van der Waals surface area contributed by atoms with E-state index in [0.29, 0.717) is 30.6 Å². The van der Waals surface area contributed by atoms with Crippen molar-refractivity contribution in [1.29, 1.82) is 0 Å². The molecule has 3 aromatic rings. The van der Waals surface area contributed by atoms with Gasteiger partial charge in [-0.1, -0.05) is 36.4 Å². The van der Waals surface area contributed by atoms with Crippen LogP contribution in [-0.2, 0) is 22.6 Å². The van der Waals surface area contributed by atoms with E-state index in [0.717, 1.165) is 55.6 Å². The zero-order valence-electron chi connectivity index (χ0n) is 26.0. The molecule has 45 heavy (non-hydrogen) atoms. The quantitative estimate of drug-likeness (QED) is 0.278. The Labute approximate surface area is 263 Å². The first-order valence-corrected chi connectivity index (χ1v) is 15.4. The summed E-state index contributed by atoms with van der Waals surface area (Å²) in [6, 6.07) is 12.1. The first-order chi connectivity index (χ1) is 21.6. The Morgan fingerprint density at radius 1 is 1.16 bits per heavy atom. The Kier molecular flexibility index (Phi) is 9.80. The molecule has 1 unspecified atom stereocenters. The monoisotopic (exact) mass is 615 g/mol. The lowest BCUT2D eigenvalue weighted by molar-refractivity contribution is -0.139. The van der Waals surface area contributed by atoms with Crippen LogP contribution >= 0.6 is 0 Å². The second kappa shape index (κ2) is 13.9. The van der Waals surface area contributed by atoms with Crippen molar-refractivity contribution >= 4 is 35.8 Å². The second-order valence-electron chi connectivity index (χ2n) is 12.5. The maximum atomic E-state index is 12.6. The van der Waals surface area contributed by atoms with Crippen molar-refractivity contribution in [2.45, 2.75) is 70.6 Å². The van der Waals surface area contributed by atoms with Gasteiger partial charge in [-0.05, 0) is 63.6 Å². The second-order valence-corrected chi connectivity index (χ2v) is 12.5. The average molecular weight is 616 g/mol. The summed E-state index contributed by atoms with van der Waals surface area (Å²) in [5, 5.41) is 15.9. The Balaban J connectivity index is 1.30. The maximum absolute atomic E-state index is 12.6. The number of piperidine rings is 1. The lowest BCUT2D eigenvalue weighted by atomic mass is 9.92. The summed E-state index contributed by atoms with van der Waals surface area (Å²) in [4.78, 5) is 55.1. The lowest BCUT2D eigenvalue weighted by Crippen LogP contribution is -2.54. The molecule has 12 heteroatoms. The van der Waals surface area contributed by atoms with Gasteiger partial charge in [-0.2, -0.15) is 0 Å². The predicted molar refractivity (Wildman–Crippen MR) is 171 cm³/mol. The topological polar surface area (TPSA) is 150 Å². The summed E-state index contributed by atoms with van der Waals surface area (Å²) in [6.07, 6.45) is 5.14. The summed E-state index contributed by atoms with van der Waals surface area (Å²) in [6.45, 7) is 7.82. The van der Waals surface area contributed by atoms with Crippen molar-refractivity contribution in [3.63, 3.8) is 0 Å². The number of aldehydes is 1. The molecule has 0 aliphatic carbocycles. The minimum atomic E-state index is -1.33. The number of hydrogen-bond acceptors (Lipinski definition) is 10. The van der Waals surface area contributed by atoms with Gasteiger partial charge in [0.15, 0.2) is 6.29 Å². The van der Waals surface area contributed by atoms with E-state index in [1.807, 2.05) is 51.1 Å². The number of rotatable bonds is 10. The number of pyridine rings is 1. The van der Waals surface area contributed by atoms with Gasteiger partial charge in [0.2, 0.25) is 0 Å². The highest BCUT2D eigenvalue weighted by atomic mass is 16.5. The van der Waals surface area contributed by atoms with Crippen LogP contribution in [0.15, 0.2) is 48.8 Å². The molecular formula is C33H41N7O5. The fraction of sp³-hybridized carbons (Fsp3) is 0.455. The number of carboxylic acid groups (broad SMARTS) is 1. The number of alkyl carbamates (subject to hydrolysis) is 1. The number of carbonyl (C=O) groups excluding carboxylic acids is 2. The van der Waals surface area contributed by atoms with Gasteiger partial charge < -0.3 is 30.3 Å². The summed E-state index contributed by atoms with van der Waals surface area (Å²) < 4.78 is 5.26. The van der Waals surface area contributed by atoms with Gasteiger partial charge in [-0.3, -0.25) is 4.79 Å². The Bertz CT molecular complexity index is 1500. The van der Waals surface area contributed by atoms with E-state index in [1.165, 1.54) is 11.9 Å². The first-order valence-electron chi connectivity index (χ1n) is 15.4. The van der Waals surface area contributed by atoms with Crippen LogP contribution in [0.2, 0.25) is 0 Å². The van der Waals surface area contributed by atoms with Gasteiger partial charge in [0, 0.05) is 36.8 Å². The zero-order chi connectivity index (χ0) is 32.0. The molecule has 12 nitrogen and oxygen atoms in total. The number of benzene rings is 1. The molecule has 0 bridgehead atoms. The third-order valence-electron chi connectivity index (χ3n) is 8.32. The normalized spacial score (nSPS) is 15.8. The molecule has 2 aliphatic rings. The maximum Gasteiger partial charge on any atom is 0.408 e. The molecule has 0 saturated carbocycles. The first kappa shape index (κ1) is 31.7. The standard InChI is InChI=1S/C33H41N7O5/c1-33(2,3)40(18-27(31(42)43)38-32(44)45-20-22-8-5-4-6-9-22)30-25(19-41)29(35-21-36-30)39-16-13-23(14-17-39)26-12-11-24-10-7-15-34-28(24)37-26/h4-6,8-9,11-12,19,21,23,27H,7,10,13-18,20H2,1-3H3,(H,34,37)(H,38,44)(H,42,43). The number of carbonyl (C=O) groups is 3. The Morgan fingerprint density at radius 3 is 2.60 bits per heavy atom. The summed E-state index contributed by atoms with van der Waals surface area (Å²) in [7, 11) is 0. The Morgan fingerprint density at radius 2 is 1.91 bits per heavy atom. The lowest BCUT2D eigenvalue weighted by Gasteiger charge is -2.40. The number of ether oxygens (including phenoxy) is 1. The van der Waals surface area contributed by atoms with Gasteiger partial charge in [-0.25, -0.2) is 24.5 Å². The zero-order valence-corrected chi connectivity index (χ0v) is 26.0. The van der Waals surface area contributed by atoms with Gasteiger partial charge in [-0.15, -0.1) is 0 Å². The van der Waals surface area contributed by atoms with Crippen molar-refractivity contribution in [2.75, 3.05) is 41.3 Å². The number of fused-ring (bicyclic) bond motifs is 1. The van der Waals surface area contributed by atoms with Gasteiger partial charge in [0.05, 0.1) is 12.1 Å². The van der Waals surface area contributed by atoms with Crippen LogP contribution in [0.1, 0.15) is 73.1 Å². The third kappa shape index (κ3) is 7.68. The minimum absolute atomic E-state index is 0.00265. The molecule has 1 fully saturated rings. The van der Waals surface area contributed by atoms with Crippen LogP contribution in [-0.4, -0.2) is 76.2 Å². The number of carboxylic acids is 1. The highest BCUT2D eigenvalue weighted by Crippen LogP contribution is 2.34. The van der Waals surface area contributed by atoms with Crippen LogP contribution in [0.3, 0.4) is 0 Å². The van der Waals surface area contributed by atoms with E-state index in [9.17, 15) is 19.5 Å². The molecule has 0 radical (unpaired) electrons. The fourth-order valence-corrected chi connectivity index (χ4v) is 5.86. The number of amides is 1. The predicted octanol–water partition coefficient (Wildman–Crippen LogP) is 4.41. The van der Waals surface area contributed by atoms with Gasteiger partial charge in [0.1, 0.15) is 36.4 Å². The molecule has 1 atom stereocenters. The van der Waals surface area contributed by atoms with Crippen molar-refractivity contribution < 1.29 is 24.2 Å². The van der Waals surface area contributed by atoms with Crippen molar-refractivity contribution in [2.24, 2.45) is 0 Å². The van der Waals surface area contributed by atoms with E-state index in [-0.39, 0.29) is 18.7 Å².